The van der Waals surface area contributed by atoms with Gasteiger partial charge in [-0.2, -0.15) is 0 Å². The maximum atomic E-state index is 11.9. The summed E-state index contributed by atoms with van der Waals surface area (Å²) in [7, 11) is 0. The van der Waals surface area contributed by atoms with E-state index in [0.29, 0.717) is 19.6 Å². The van der Waals surface area contributed by atoms with Crippen LogP contribution in [-0.4, -0.2) is 31.0 Å². The van der Waals surface area contributed by atoms with Gasteiger partial charge in [-0.25, -0.2) is 0 Å². The minimum Gasteiger partial charge on any atom is -0.494 e. The lowest BCUT2D eigenvalue weighted by Gasteiger charge is -2.17. The van der Waals surface area contributed by atoms with Crippen molar-refractivity contribution in [2.24, 2.45) is 0 Å². The molecule has 1 aliphatic rings. The van der Waals surface area contributed by atoms with Crippen molar-refractivity contribution in [2.75, 3.05) is 18.1 Å². The SMILES string of the molecule is CCOc1ccc(N2C[C@@H](NC(C)=O)CC2=O)cc1. The summed E-state index contributed by atoms with van der Waals surface area (Å²) in [5.74, 6) is 0.713. The van der Waals surface area contributed by atoms with E-state index in [9.17, 15) is 9.59 Å². The Morgan fingerprint density at radius 2 is 2.11 bits per heavy atom. The molecule has 1 fully saturated rings. The van der Waals surface area contributed by atoms with Gasteiger partial charge in [0, 0.05) is 25.6 Å². The van der Waals surface area contributed by atoms with E-state index in [1.165, 1.54) is 6.92 Å². The Bertz CT molecular complexity index is 470. The third kappa shape index (κ3) is 3.24. The Hall–Kier alpha value is -2.04. The molecule has 102 valence electrons. The molecule has 0 aromatic heterocycles. The molecule has 1 aromatic rings. The van der Waals surface area contributed by atoms with Gasteiger partial charge in [0.15, 0.2) is 0 Å². The lowest BCUT2D eigenvalue weighted by atomic mass is 10.2. The molecule has 1 aromatic carbocycles. The number of amides is 2. The number of carbonyl (C=O) groups is 2. The number of hydrogen-bond donors (Lipinski definition) is 1. The summed E-state index contributed by atoms with van der Waals surface area (Å²) in [4.78, 5) is 24.6. The van der Waals surface area contributed by atoms with Crippen LogP contribution in [0.4, 0.5) is 5.69 Å². The normalized spacial score (nSPS) is 18.5. The molecule has 2 amide bonds. The minimum absolute atomic E-state index is 0.0305. The standard InChI is InChI=1S/C14H18N2O3/c1-3-19-13-6-4-12(5-7-13)16-9-11(8-14(16)18)15-10(2)17/h4-7,11H,3,8-9H2,1-2H3,(H,15,17)/t11-/m0/s1. The summed E-state index contributed by atoms with van der Waals surface area (Å²) in [6.07, 6.45) is 0.354. The van der Waals surface area contributed by atoms with Crippen LogP contribution in [0.15, 0.2) is 24.3 Å². The fourth-order valence-electron chi connectivity index (χ4n) is 2.23. The maximum absolute atomic E-state index is 11.9. The van der Waals surface area contributed by atoms with Gasteiger partial charge in [-0.1, -0.05) is 0 Å². The number of nitrogens with zero attached hydrogens (tertiary/aromatic N) is 1. The van der Waals surface area contributed by atoms with Crippen LogP contribution in [0.25, 0.3) is 0 Å². The van der Waals surface area contributed by atoms with Crippen molar-refractivity contribution in [3.8, 4) is 5.75 Å². The highest BCUT2D eigenvalue weighted by molar-refractivity contribution is 5.96. The molecule has 5 nitrogen and oxygen atoms in total. The second-order valence-corrected chi connectivity index (χ2v) is 4.53. The maximum Gasteiger partial charge on any atom is 0.229 e. The number of anilines is 1. The number of nitrogens with one attached hydrogen (secondary N) is 1. The molecule has 0 aliphatic carbocycles. The van der Waals surface area contributed by atoms with Gasteiger partial charge in [0.25, 0.3) is 0 Å². The van der Waals surface area contributed by atoms with Crippen LogP contribution in [0.2, 0.25) is 0 Å². The molecule has 0 bridgehead atoms. The van der Waals surface area contributed by atoms with Gasteiger partial charge in [-0.15, -0.1) is 0 Å². The van der Waals surface area contributed by atoms with Crippen molar-refractivity contribution in [3.05, 3.63) is 24.3 Å². The highest BCUT2D eigenvalue weighted by Gasteiger charge is 2.30. The van der Waals surface area contributed by atoms with Crippen molar-refractivity contribution < 1.29 is 14.3 Å². The fourth-order valence-corrected chi connectivity index (χ4v) is 2.23. The zero-order valence-electron chi connectivity index (χ0n) is 11.2. The molecule has 1 atom stereocenters. The second-order valence-electron chi connectivity index (χ2n) is 4.53. The predicted octanol–water partition coefficient (Wildman–Crippen LogP) is 1.33. The van der Waals surface area contributed by atoms with Gasteiger partial charge in [-0.05, 0) is 31.2 Å². The van der Waals surface area contributed by atoms with Crippen molar-refractivity contribution >= 4 is 17.5 Å². The largest absolute Gasteiger partial charge is 0.494 e. The lowest BCUT2D eigenvalue weighted by molar-refractivity contribution is -0.119. The van der Waals surface area contributed by atoms with E-state index in [-0.39, 0.29) is 17.9 Å². The number of benzene rings is 1. The zero-order chi connectivity index (χ0) is 13.8. The molecule has 0 radical (unpaired) electrons. The predicted molar refractivity (Wildman–Crippen MR) is 72.2 cm³/mol. The number of carbonyl (C=O) groups excluding carboxylic acids is 2. The summed E-state index contributed by atoms with van der Waals surface area (Å²) < 4.78 is 5.36. The Morgan fingerprint density at radius 3 is 2.68 bits per heavy atom. The van der Waals surface area contributed by atoms with E-state index in [1.807, 2.05) is 31.2 Å². The number of rotatable bonds is 4. The Labute approximate surface area is 112 Å². The number of hydrogen-bond acceptors (Lipinski definition) is 3. The fraction of sp³-hybridized carbons (Fsp3) is 0.429. The summed E-state index contributed by atoms with van der Waals surface area (Å²) in [5.41, 5.74) is 0.835. The van der Waals surface area contributed by atoms with Gasteiger partial charge in [0.05, 0.1) is 12.6 Å². The molecule has 2 rings (SSSR count). The summed E-state index contributed by atoms with van der Waals surface area (Å²) >= 11 is 0. The first-order chi connectivity index (χ1) is 9.10. The third-order valence-electron chi connectivity index (χ3n) is 2.99. The molecule has 0 spiro atoms. The van der Waals surface area contributed by atoms with Gasteiger partial charge >= 0.3 is 0 Å². The first-order valence-electron chi connectivity index (χ1n) is 6.40. The highest BCUT2D eigenvalue weighted by Crippen LogP contribution is 2.24. The molecule has 0 saturated carbocycles. The smallest absolute Gasteiger partial charge is 0.229 e. The molecule has 0 unspecified atom stereocenters. The Balaban J connectivity index is 2.05. The van der Waals surface area contributed by atoms with Gasteiger partial charge in [0.2, 0.25) is 11.8 Å². The average Bonchev–Trinajstić information content (AvgIpc) is 2.71. The van der Waals surface area contributed by atoms with Crippen molar-refractivity contribution in [3.63, 3.8) is 0 Å². The number of ether oxygens (including phenoxy) is 1. The summed E-state index contributed by atoms with van der Waals surface area (Å²) in [5, 5.41) is 2.78. The summed E-state index contributed by atoms with van der Waals surface area (Å²) in [6, 6.07) is 7.31. The molecular formula is C14H18N2O3. The van der Waals surface area contributed by atoms with Crippen LogP contribution in [0.3, 0.4) is 0 Å². The molecule has 19 heavy (non-hydrogen) atoms. The van der Waals surface area contributed by atoms with Crippen molar-refractivity contribution in [2.45, 2.75) is 26.3 Å². The van der Waals surface area contributed by atoms with Crippen LogP contribution in [-0.2, 0) is 9.59 Å². The molecule has 1 saturated heterocycles. The van der Waals surface area contributed by atoms with Crippen LogP contribution in [0, 0.1) is 0 Å². The van der Waals surface area contributed by atoms with Crippen molar-refractivity contribution in [1.29, 1.82) is 0 Å². The van der Waals surface area contributed by atoms with Crippen LogP contribution in [0.1, 0.15) is 20.3 Å². The first-order valence-corrected chi connectivity index (χ1v) is 6.40. The molecule has 1 heterocycles. The van der Waals surface area contributed by atoms with E-state index >= 15 is 0 Å². The lowest BCUT2D eigenvalue weighted by Crippen LogP contribution is -2.35. The molecular weight excluding hydrogens is 244 g/mol. The molecule has 1 N–H and O–H groups in total. The zero-order valence-corrected chi connectivity index (χ0v) is 11.2. The minimum atomic E-state index is -0.105. The monoisotopic (exact) mass is 262 g/mol. The first kappa shape index (κ1) is 13.4. The van der Waals surface area contributed by atoms with Crippen LogP contribution < -0.4 is 15.0 Å². The third-order valence-corrected chi connectivity index (χ3v) is 2.99. The van der Waals surface area contributed by atoms with E-state index in [2.05, 4.69) is 5.32 Å². The molecule has 1 aliphatic heterocycles. The highest BCUT2D eigenvalue weighted by atomic mass is 16.5. The van der Waals surface area contributed by atoms with Gasteiger partial charge < -0.3 is 15.0 Å². The van der Waals surface area contributed by atoms with E-state index in [0.717, 1.165) is 11.4 Å². The van der Waals surface area contributed by atoms with E-state index in [1.54, 1.807) is 4.90 Å². The molecule has 5 heteroatoms. The quantitative estimate of drug-likeness (QED) is 0.890. The Morgan fingerprint density at radius 1 is 1.42 bits per heavy atom. The van der Waals surface area contributed by atoms with Crippen LogP contribution >= 0.6 is 0 Å². The van der Waals surface area contributed by atoms with Gasteiger partial charge in [0.1, 0.15) is 5.75 Å². The van der Waals surface area contributed by atoms with E-state index in [4.69, 9.17) is 4.74 Å². The van der Waals surface area contributed by atoms with E-state index < -0.39 is 0 Å². The van der Waals surface area contributed by atoms with Gasteiger partial charge in [-0.3, -0.25) is 9.59 Å². The average molecular weight is 262 g/mol. The summed E-state index contributed by atoms with van der Waals surface area (Å²) in [6.45, 7) is 4.53. The van der Waals surface area contributed by atoms with Crippen molar-refractivity contribution in [1.82, 2.24) is 5.32 Å². The topological polar surface area (TPSA) is 58.6 Å². The second kappa shape index (κ2) is 5.73. The Kier molecular flexibility index (Phi) is 4.04. The van der Waals surface area contributed by atoms with Crippen LogP contribution in [0.5, 0.6) is 5.75 Å².